The summed E-state index contributed by atoms with van der Waals surface area (Å²) in [5, 5.41) is 3.44. The topological polar surface area (TPSA) is 96.0 Å². The Labute approximate surface area is 229 Å². The predicted octanol–water partition coefficient (Wildman–Crippen LogP) is 3.50. The molecule has 8 nitrogen and oxygen atoms in total. The van der Waals surface area contributed by atoms with E-state index < -0.39 is 28.5 Å². The predicted molar refractivity (Wildman–Crippen MR) is 148 cm³/mol. The van der Waals surface area contributed by atoms with Crippen molar-refractivity contribution in [1.82, 2.24) is 14.5 Å². The molecule has 0 aliphatic rings. The third-order valence-corrected chi connectivity index (χ3v) is 7.75. The molecule has 0 unspecified atom stereocenters. The quantitative estimate of drug-likeness (QED) is 0.368. The highest BCUT2D eigenvalue weighted by Crippen LogP contribution is 2.19. The fourth-order valence-corrected chi connectivity index (χ4v) is 4.37. The SMILES string of the molecule is COc1ccc(CN(C(=O)CN(C)S(C)(=O)=O)[C@H](Cc2ccccc2)C(=O)NCc2ccccc2Cl)cc1. The summed E-state index contributed by atoms with van der Waals surface area (Å²) in [6.07, 6.45) is 1.27. The smallest absolute Gasteiger partial charge is 0.243 e. The van der Waals surface area contributed by atoms with E-state index in [1.165, 1.54) is 11.9 Å². The van der Waals surface area contributed by atoms with Gasteiger partial charge in [0.15, 0.2) is 0 Å². The van der Waals surface area contributed by atoms with Gasteiger partial charge in [-0.15, -0.1) is 0 Å². The molecule has 0 saturated heterocycles. The second-order valence-electron chi connectivity index (χ2n) is 8.90. The van der Waals surface area contributed by atoms with Gasteiger partial charge in [-0.2, -0.15) is 4.31 Å². The van der Waals surface area contributed by atoms with Crippen LogP contribution in [0.3, 0.4) is 0 Å². The monoisotopic (exact) mass is 557 g/mol. The van der Waals surface area contributed by atoms with Crippen LogP contribution in [0.2, 0.25) is 5.02 Å². The number of hydrogen-bond donors (Lipinski definition) is 1. The summed E-state index contributed by atoms with van der Waals surface area (Å²) in [6, 6.07) is 22.8. The number of benzene rings is 3. The van der Waals surface area contributed by atoms with Crippen molar-refractivity contribution < 1.29 is 22.7 Å². The average Bonchev–Trinajstić information content (AvgIpc) is 2.90. The van der Waals surface area contributed by atoms with Crippen molar-refractivity contribution in [3.05, 3.63) is 101 Å². The van der Waals surface area contributed by atoms with Crippen molar-refractivity contribution in [2.75, 3.05) is 27.0 Å². The molecule has 0 aromatic heterocycles. The third-order valence-electron chi connectivity index (χ3n) is 6.12. The van der Waals surface area contributed by atoms with Gasteiger partial charge in [0, 0.05) is 31.6 Å². The Morgan fingerprint density at radius 2 is 1.58 bits per heavy atom. The largest absolute Gasteiger partial charge is 0.497 e. The standard InChI is InChI=1S/C28H32ClN3O5S/c1-31(38(3,35)36)20-27(33)32(19-22-13-15-24(37-2)16-14-22)26(17-21-9-5-4-6-10-21)28(34)30-18-23-11-7-8-12-25(23)29/h4-16,26H,17-20H2,1-3H3,(H,30,34)/t26-/m1/s1. The van der Waals surface area contributed by atoms with E-state index in [2.05, 4.69) is 5.32 Å². The molecular weight excluding hydrogens is 526 g/mol. The van der Waals surface area contributed by atoms with Gasteiger partial charge < -0.3 is 15.0 Å². The van der Waals surface area contributed by atoms with Gasteiger partial charge in [0.05, 0.1) is 19.9 Å². The number of sulfonamides is 1. The minimum absolute atomic E-state index is 0.0947. The molecule has 3 aromatic rings. The number of nitrogens with one attached hydrogen (secondary N) is 1. The molecule has 202 valence electrons. The van der Waals surface area contributed by atoms with E-state index in [1.807, 2.05) is 42.5 Å². The molecule has 0 aliphatic carbocycles. The Morgan fingerprint density at radius 1 is 0.947 bits per heavy atom. The van der Waals surface area contributed by atoms with Crippen LogP contribution < -0.4 is 10.1 Å². The Kier molecular flexibility index (Phi) is 10.3. The summed E-state index contributed by atoms with van der Waals surface area (Å²) in [7, 11) is -0.719. The van der Waals surface area contributed by atoms with Crippen LogP contribution in [0.25, 0.3) is 0 Å². The molecule has 3 aromatic carbocycles. The number of amides is 2. The van der Waals surface area contributed by atoms with E-state index in [0.717, 1.165) is 27.3 Å². The maximum absolute atomic E-state index is 13.7. The van der Waals surface area contributed by atoms with Crippen molar-refractivity contribution in [3.63, 3.8) is 0 Å². The number of ether oxygens (including phenoxy) is 1. The number of nitrogens with zero attached hydrogens (tertiary/aromatic N) is 2. The minimum atomic E-state index is -3.62. The molecule has 0 spiro atoms. The first-order valence-corrected chi connectivity index (χ1v) is 14.2. The number of carbonyl (C=O) groups excluding carboxylic acids is 2. The lowest BCUT2D eigenvalue weighted by molar-refractivity contribution is -0.141. The lowest BCUT2D eigenvalue weighted by Crippen LogP contribution is -2.52. The van der Waals surface area contributed by atoms with E-state index in [1.54, 1.807) is 43.5 Å². The van der Waals surface area contributed by atoms with Gasteiger partial charge in [-0.25, -0.2) is 8.42 Å². The Hall–Kier alpha value is -3.40. The van der Waals surface area contributed by atoms with Crippen LogP contribution in [-0.4, -0.2) is 62.4 Å². The van der Waals surface area contributed by atoms with Crippen LogP contribution in [-0.2, 0) is 39.1 Å². The van der Waals surface area contributed by atoms with Crippen LogP contribution in [0.5, 0.6) is 5.75 Å². The van der Waals surface area contributed by atoms with Gasteiger partial charge >= 0.3 is 0 Å². The summed E-state index contributed by atoms with van der Waals surface area (Å²) in [5.41, 5.74) is 2.36. The molecule has 10 heteroatoms. The third kappa shape index (κ3) is 8.31. The second-order valence-corrected chi connectivity index (χ2v) is 11.4. The maximum Gasteiger partial charge on any atom is 0.243 e. The number of hydrogen-bond acceptors (Lipinski definition) is 5. The van der Waals surface area contributed by atoms with E-state index in [9.17, 15) is 18.0 Å². The Balaban J connectivity index is 1.96. The minimum Gasteiger partial charge on any atom is -0.497 e. The molecule has 0 bridgehead atoms. The van der Waals surface area contributed by atoms with E-state index in [0.29, 0.717) is 10.8 Å². The maximum atomic E-state index is 13.7. The molecule has 2 amide bonds. The van der Waals surface area contributed by atoms with Crippen LogP contribution >= 0.6 is 11.6 Å². The van der Waals surface area contributed by atoms with Crippen molar-refractivity contribution in [2.24, 2.45) is 0 Å². The van der Waals surface area contributed by atoms with Gasteiger partial charge in [-0.1, -0.05) is 72.3 Å². The number of methoxy groups -OCH3 is 1. The summed E-state index contributed by atoms with van der Waals surface area (Å²) < 4.78 is 30.3. The number of rotatable bonds is 12. The zero-order valence-corrected chi connectivity index (χ0v) is 23.2. The second kappa shape index (κ2) is 13.4. The van der Waals surface area contributed by atoms with E-state index in [4.69, 9.17) is 16.3 Å². The first kappa shape index (κ1) is 29.2. The summed E-state index contributed by atoms with van der Waals surface area (Å²) >= 11 is 6.27. The lowest BCUT2D eigenvalue weighted by atomic mass is 10.0. The van der Waals surface area contributed by atoms with Crippen molar-refractivity contribution in [1.29, 1.82) is 0 Å². The van der Waals surface area contributed by atoms with E-state index >= 15 is 0 Å². The van der Waals surface area contributed by atoms with Crippen LogP contribution in [0.1, 0.15) is 16.7 Å². The zero-order valence-electron chi connectivity index (χ0n) is 21.6. The fraction of sp³-hybridized carbons (Fsp3) is 0.286. The summed E-state index contributed by atoms with van der Waals surface area (Å²) in [4.78, 5) is 28.7. The van der Waals surface area contributed by atoms with Crippen LogP contribution in [0, 0.1) is 0 Å². The molecule has 0 fully saturated rings. The molecule has 0 aliphatic heterocycles. The lowest BCUT2D eigenvalue weighted by Gasteiger charge is -2.32. The number of halogens is 1. The highest BCUT2D eigenvalue weighted by atomic mass is 35.5. The highest BCUT2D eigenvalue weighted by molar-refractivity contribution is 7.88. The first-order valence-electron chi connectivity index (χ1n) is 12.0. The van der Waals surface area contributed by atoms with Gasteiger partial charge in [0.1, 0.15) is 11.8 Å². The highest BCUT2D eigenvalue weighted by Gasteiger charge is 2.32. The Bertz CT molecular complexity index is 1330. The van der Waals surface area contributed by atoms with Gasteiger partial charge in [-0.05, 0) is 34.9 Å². The normalized spacial score (nSPS) is 12.1. The number of carbonyl (C=O) groups is 2. The number of likely N-dealkylation sites (N-methyl/N-ethyl adjacent to an activating group) is 1. The average molecular weight is 558 g/mol. The Morgan fingerprint density at radius 3 is 2.18 bits per heavy atom. The van der Waals surface area contributed by atoms with Crippen LogP contribution in [0.15, 0.2) is 78.9 Å². The summed E-state index contributed by atoms with van der Waals surface area (Å²) in [6.45, 7) is -0.132. The van der Waals surface area contributed by atoms with Crippen molar-refractivity contribution in [2.45, 2.75) is 25.6 Å². The zero-order chi connectivity index (χ0) is 27.7. The van der Waals surface area contributed by atoms with Crippen molar-refractivity contribution in [3.8, 4) is 5.75 Å². The van der Waals surface area contributed by atoms with Crippen molar-refractivity contribution >= 4 is 33.4 Å². The van der Waals surface area contributed by atoms with E-state index in [-0.39, 0.29) is 25.4 Å². The molecule has 38 heavy (non-hydrogen) atoms. The van der Waals surface area contributed by atoms with Gasteiger partial charge in [0.25, 0.3) is 0 Å². The molecular formula is C28H32ClN3O5S. The molecule has 0 saturated carbocycles. The molecule has 0 heterocycles. The van der Waals surface area contributed by atoms with Crippen LogP contribution in [0.4, 0.5) is 0 Å². The molecule has 1 N–H and O–H groups in total. The molecule has 3 rings (SSSR count). The fourth-order valence-electron chi connectivity index (χ4n) is 3.82. The summed E-state index contributed by atoms with van der Waals surface area (Å²) in [5.74, 6) is -0.220. The van der Waals surface area contributed by atoms with Gasteiger partial charge in [-0.3, -0.25) is 9.59 Å². The first-order chi connectivity index (χ1) is 18.1. The molecule has 1 atom stereocenters. The van der Waals surface area contributed by atoms with Gasteiger partial charge in [0.2, 0.25) is 21.8 Å². The molecule has 0 radical (unpaired) electrons.